The summed E-state index contributed by atoms with van der Waals surface area (Å²) in [7, 11) is 1.54. The molecule has 0 N–H and O–H groups in total. The van der Waals surface area contributed by atoms with Gasteiger partial charge < -0.3 is 14.2 Å². The molecule has 10 heteroatoms. The first-order valence-corrected chi connectivity index (χ1v) is 15.4. The number of benzene rings is 3. The van der Waals surface area contributed by atoms with Crippen LogP contribution in [-0.4, -0.2) is 24.3 Å². The van der Waals surface area contributed by atoms with Crippen molar-refractivity contribution in [2.45, 2.75) is 39.3 Å². The van der Waals surface area contributed by atoms with Gasteiger partial charge in [0.2, 0.25) is 0 Å². The Morgan fingerprint density at radius 2 is 1.88 bits per heavy atom. The first kappa shape index (κ1) is 30.6. The van der Waals surface area contributed by atoms with E-state index < -0.39 is 12.0 Å². The smallest absolute Gasteiger partial charge is 0.338 e. The Hall–Kier alpha value is -3.85. The van der Waals surface area contributed by atoms with Gasteiger partial charge in [-0.2, -0.15) is 0 Å². The number of ether oxygens (including phenoxy) is 3. The van der Waals surface area contributed by atoms with Crippen LogP contribution in [0.5, 0.6) is 11.5 Å². The molecule has 1 aromatic heterocycles. The summed E-state index contributed by atoms with van der Waals surface area (Å²) in [4.78, 5) is 32.8. The molecule has 0 spiro atoms. The van der Waals surface area contributed by atoms with Crippen LogP contribution in [0, 0.1) is 0 Å². The fraction of sp³-hybridized carbons (Fsp3) is 0.242. The van der Waals surface area contributed by atoms with Crippen molar-refractivity contribution >= 4 is 46.6 Å². The molecule has 0 amide bonds. The Labute approximate surface area is 263 Å². The quantitative estimate of drug-likeness (QED) is 0.186. The van der Waals surface area contributed by atoms with Gasteiger partial charge in [0, 0.05) is 21.2 Å². The lowest BCUT2D eigenvalue weighted by molar-refractivity contribution is -0.139. The molecule has 7 nitrogen and oxygen atoms in total. The van der Waals surface area contributed by atoms with E-state index in [1.54, 1.807) is 31.2 Å². The Kier molecular flexibility index (Phi) is 9.70. The van der Waals surface area contributed by atoms with Gasteiger partial charge in [-0.1, -0.05) is 78.2 Å². The van der Waals surface area contributed by atoms with Gasteiger partial charge in [0.25, 0.3) is 5.56 Å². The average molecular weight is 638 g/mol. The molecule has 0 radical (unpaired) electrons. The summed E-state index contributed by atoms with van der Waals surface area (Å²) in [6.45, 7) is 4.24. The molecule has 0 fully saturated rings. The summed E-state index contributed by atoms with van der Waals surface area (Å²) in [5.74, 6) is 0.601. The zero-order chi connectivity index (χ0) is 30.5. The van der Waals surface area contributed by atoms with E-state index in [0.29, 0.717) is 60.7 Å². The minimum Gasteiger partial charge on any atom is -0.496 e. The second kappa shape index (κ2) is 13.6. The second-order valence-corrected chi connectivity index (χ2v) is 11.6. The van der Waals surface area contributed by atoms with Gasteiger partial charge in [0.15, 0.2) is 4.80 Å². The van der Waals surface area contributed by atoms with E-state index in [4.69, 9.17) is 42.4 Å². The highest BCUT2D eigenvalue weighted by Crippen LogP contribution is 2.38. The Morgan fingerprint density at radius 3 is 2.63 bits per heavy atom. The number of carbonyl (C=O) groups is 1. The van der Waals surface area contributed by atoms with Gasteiger partial charge in [-0.3, -0.25) is 9.36 Å². The maximum Gasteiger partial charge on any atom is 0.338 e. The third kappa shape index (κ3) is 6.56. The van der Waals surface area contributed by atoms with Crippen LogP contribution in [0.1, 0.15) is 49.4 Å². The van der Waals surface area contributed by atoms with E-state index in [2.05, 4.69) is 0 Å². The summed E-state index contributed by atoms with van der Waals surface area (Å²) < 4.78 is 19.1. The van der Waals surface area contributed by atoms with Crippen LogP contribution in [0.3, 0.4) is 0 Å². The van der Waals surface area contributed by atoms with E-state index >= 15 is 0 Å². The lowest BCUT2D eigenvalue weighted by Crippen LogP contribution is -2.40. The molecular weight excluding hydrogens is 607 g/mol. The largest absolute Gasteiger partial charge is 0.496 e. The fourth-order valence-corrected chi connectivity index (χ4v) is 6.35. The van der Waals surface area contributed by atoms with Crippen molar-refractivity contribution in [3.8, 4) is 11.5 Å². The topological polar surface area (TPSA) is 79.1 Å². The van der Waals surface area contributed by atoms with E-state index in [-0.39, 0.29) is 12.2 Å². The standard InChI is InChI=1S/C33H30Cl2N2O5S/c1-4-9-26-29(32(39)41-5-2)30(24-18-22(34)14-15-27(24)40-3)37-31(38)28(43-33(37)36-26)17-20-10-8-12-23(16-20)42-19-21-11-6-7-13-25(21)35/h6-8,10-18,30H,4-5,9,19H2,1-3H3/b28-17+/t30-/m1/s1. The molecule has 222 valence electrons. The summed E-state index contributed by atoms with van der Waals surface area (Å²) in [5.41, 5.74) is 2.81. The summed E-state index contributed by atoms with van der Waals surface area (Å²) in [5, 5.41) is 1.08. The van der Waals surface area contributed by atoms with Crippen LogP contribution >= 0.6 is 34.5 Å². The third-order valence-electron chi connectivity index (χ3n) is 6.89. The monoisotopic (exact) mass is 636 g/mol. The Bertz CT molecular complexity index is 1880. The van der Waals surface area contributed by atoms with E-state index in [1.165, 1.54) is 23.0 Å². The maximum atomic E-state index is 14.1. The predicted molar refractivity (Wildman–Crippen MR) is 170 cm³/mol. The van der Waals surface area contributed by atoms with Crippen molar-refractivity contribution in [3.05, 3.63) is 124 Å². The van der Waals surface area contributed by atoms with Crippen molar-refractivity contribution < 1.29 is 19.0 Å². The number of halogens is 2. The number of rotatable bonds is 10. The number of hydrogen-bond acceptors (Lipinski definition) is 7. The van der Waals surface area contributed by atoms with Gasteiger partial charge in [-0.25, -0.2) is 9.79 Å². The molecule has 0 bridgehead atoms. The van der Waals surface area contributed by atoms with Crippen molar-refractivity contribution in [1.82, 2.24) is 4.57 Å². The van der Waals surface area contributed by atoms with Crippen LogP contribution in [0.2, 0.25) is 10.0 Å². The molecule has 3 aromatic carbocycles. The van der Waals surface area contributed by atoms with Crippen LogP contribution < -0.4 is 24.4 Å². The van der Waals surface area contributed by atoms with Gasteiger partial charge >= 0.3 is 5.97 Å². The number of hydrogen-bond donors (Lipinski definition) is 0. The molecule has 4 aromatic rings. The molecule has 1 atom stereocenters. The Balaban J connectivity index is 1.63. The normalized spacial score (nSPS) is 14.7. The molecule has 0 saturated heterocycles. The molecule has 0 aliphatic carbocycles. The van der Waals surface area contributed by atoms with Crippen molar-refractivity contribution in [2.24, 2.45) is 4.99 Å². The highest BCUT2D eigenvalue weighted by molar-refractivity contribution is 7.07. The summed E-state index contributed by atoms with van der Waals surface area (Å²) >= 11 is 14.0. The number of allylic oxidation sites excluding steroid dienone is 1. The SMILES string of the molecule is CCCC1=C(C(=O)OCC)[C@@H](c2cc(Cl)ccc2OC)n2c(s/c(=C/c3cccc(OCc4ccccc4Cl)c3)c2=O)=N1. The zero-order valence-corrected chi connectivity index (χ0v) is 26.3. The molecule has 43 heavy (non-hydrogen) atoms. The van der Waals surface area contributed by atoms with E-state index in [0.717, 1.165) is 17.5 Å². The van der Waals surface area contributed by atoms with Gasteiger partial charge in [-0.05, 0) is 61.4 Å². The van der Waals surface area contributed by atoms with Crippen LogP contribution in [-0.2, 0) is 16.1 Å². The van der Waals surface area contributed by atoms with Gasteiger partial charge in [-0.15, -0.1) is 0 Å². The van der Waals surface area contributed by atoms with Gasteiger partial charge in [0.1, 0.15) is 24.1 Å². The lowest BCUT2D eigenvalue weighted by atomic mass is 9.93. The number of nitrogens with zero attached hydrogens (tertiary/aromatic N) is 2. The number of aromatic nitrogens is 1. The number of thiazole rings is 1. The molecule has 0 unspecified atom stereocenters. The highest BCUT2D eigenvalue weighted by Gasteiger charge is 2.36. The first-order chi connectivity index (χ1) is 20.8. The number of carbonyl (C=O) groups excluding carboxylic acids is 1. The number of esters is 1. The maximum absolute atomic E-state index is 14.1. The van der Waals surface area contributed by atoms with Crippen molar-refractivity contribution in [3.63, 3.8) is 0 Å². The molecule has 1 aliphatic rings. The van der Waals surface area contributed by atoms with Crippen LogP contribution in [0.4, 0.5) is 0 Å². The Morgan fingerprint density at radius 1 is 1.07 bits per heavy atom. The zero-order valence-electron chi connectivity index (χ0n) is 23.9. The second-order valence-electron chi connectivity index (χ2n) is 9.75. The highest BCUT2D eigenvalue weighted by atomic mass is 35.5. The minimum absolute atomic E-state index is 0.181. The number of methoxy groups -OCH3 is 1. The molecule has 5 rings (SSSR count). The molecule has 2 heterocycles. The minimum atomic E-state index is -0.835. The van der Waals surface area contributed by atoms with Crippen molar-refractivity contribution in [2.75, 3.05) is 13.7 Å². The summed E-state index contributed by atoms with van der Waals surface area (Å²) in [6, 6.07) is 19.3. The molecule has 1 aliphatic heterocycles. The third-order valence-corrected chi connectivity index (χ3v) is 8.47. The van der Waals surface area contributed by atoms with Crippen molar-refractivity contribution in [1.29, 1.82) is 0 Å². The van der Waals surface area contributed by atoms with E-state index in [9.17, 15) is 9.59 Å². The van der Waals surface area contributed by atoms with E-state index in [1.807, 2.05) is 55.5 Å². The molecular formula is C33H30Cl2N2O5S. The van der Waals surface area contributed by atoms with Crippen LogP contribution in [0.15, 0.2) is 87.8 Å². The summed E-state index contributed by atoms with van der Waals surface area (Å²) in [6.07, 6.45) is 3.08. The lowest BCUT2D eigenvalue weighted by Gasteiger charge is -2.27. The first-order valence-electron chi connectivity index (χ1n) is 13.9. The number of fused-ring (bicyclic) bond motifs is 1. The molecule has 0 saturated carbocycles. The predicted octanol–water partition coefficient (Wildman–Crippen LogP) is 6.47. The van der Waals surface area contributed by atoms with Crippen LogP contribution in [0.25, 0.3) is 6.08 Å². The van der Waals surface area contributed by atoms with Gasteiger partial charge in [0.05, 0.1) is 29.5 Å². The fourth-order valence-electron chi connectivity index (χ4n) is 4.96. The average Bonchev–Trinajstić information content (AvgIpc) is 3.30.